The molecule has 0 saturated heterocycles. The lowest BCUT2D eigenvalue weighted by Crippen LogP contribution is -2.28. The summed E-state index contributed by atoms with van der Waals surface area (Å²) in [5.74, 6) is -1.09. The number of halogens is 2. The number of carbonyl (C=O) groups excluding carboxylic acids is 2. The molecular formula is C22H19ClFN3O2S2. The molecule has 0 aliphatic carbocycles. The van der Waals surface area contributed by atoms with Gasteiger partial charge < -0.3 is 4.90 Å². The molecule has 9 heteroatoms. The fraction of sp³-hybridized carbons (Fsp3) is 0.136. The number of rotatable bonds is 8. The number of hydrogen-bond donors (Lipinski definition) is 0. The molecule has 0 saturated carbocycles. The predicted molar refractivity (Wildman–Crippen MR) is 125 cm³/mol. The summed E-state index contributed by atoms with van der Waals surface area (Å²) in [5, 5.41) is 2.02. The maximum atomic E-state index is 14.2. The van der Waals surface area contributed by atoms with Crippen molar-refractivity contribution in [2.24, 2.45) is 0 Å². The van der Waals surface area contributed by atoms with E-state index in [0.29, 0.717) is 28.3 Å². The summed E-state index contributed by atoms with van der Waals surface area (Å²) in [6.07, 6.45) is 4.64. The van der Waals surface area contributed by atoms with E-state index in [1.807, 2.05) is 6.07 Å². The van der Waals surface area contributed by atoms with Crippen molar-refractivity contribution < 1.29 is 14.0 Å². The lowest BCUT2D eigenvalue weighted by molar-refractivity contribution is -0.126. The summed E-state index contributed by atoms with van der Waals surface area (Å²) in [5.41, 5.74) is 0.622. The summed E-state index contributed by atoms with van der Waals surface area (Å²) in [6, 6.07) is 9.68. The van der Waals surface area contributed by atoms with Gasteiger partial charge in [-0.2, -0.15) is 0 Å². The summed E-state index contributed by atoms with van der Waals surface area (Å²) in [7, 11) is 0. The Bertz CT molecular complexity index is 1130. The fourth-order valence-corrected chi connectivity index (χ4v) is 4.72. The highest BCUT2D eigenvalue weighted by Crippen LogP contribution is 2.31. The van der Waals surface area contributed by atoms with Gasteiger partial charge in [-0.25, -0.2) is 9.37 Å². The highest BCUT2D eigenvalue weighted by molar-refractivity contribution is 7.16. The predicted octanol–water partition coefficient (Wildman–Crippen LogP) is 5.91. The fourth-order valence-electron chi connectivity index (χ4n) is 2.77. The van der Waals surface area contributed by atoms with Crippen molar-refractivity contribution in [2.45, 2.75) is 13.5 Å². The normalized spacial score (nSPS) is 10.9. The second kappa shape index (κ2) is 10.5. The molecule has 0 aliphatic rings. The molecule has 2 amide bonds. The number of nitrogens with zero attached hydrogens (tertiary/aromatic N) is 3. The first-order chi connectivity index (χ1) is 14.9. The van der Waals surface area contributed by atoms with Crippen LogP contribution >= 0.6 is 34.3 Å². The maximum Gasteiger partial charge on any atom is 0.247 e. The van der Waals surface area contributed by atoms with E-state index in [4.69, 9.17) is 11.6 Å². The van der Waals surface area contributed by atoms with E-state index in [1.165, 1.54) is 52.7 Å². The van der Waals surface area contributed by atoms with E-state index in [0.717, 1.165) is 4.88 Å². The molecule has 0 bridgehead atoms. The highest BCUT2D eigenvalue weighted by atomic mass is 35.5. The molecule has 5 nitrogen and oxygen atoms in total. The molecule has 0 atom stereocenters. The number of amides is 2. The van der Waals surface area contributed by atoms with E-state index in [9.17, 15) is 14.0 Å². The molecular weight excluding hydrogens is 457 g/mol. The number of thiazole rings is 1. The standard InChI is InChI=1S/C22H19ClFN3O2S2/c1-3-12-26(13-17-9-10-20(23)31-17)21(29)11-8-16-14-30-22(25-16)27(15(2)28)19-7-5-4-6-18(19)24/h3-11,14H,1,12-13H2,2H3/b11-8+. The van der Waals surface area contributed by atoms with Gasteiger partial charge in [-0.15, -0.1) is 29.3 Å². The van der Waals surface area contributed by atoms with Crippen LogP contribution in [0.3, 0.4) is 0 Å². The molecule has 0 spiro atoms. The Balaban J connectivity index is 1.76. The zero-order valence-electron chi connectivity index (χ0n) is 16.6. The monoisotopic (exact) mass is 475 g/mol. The van der Waals surface area contributed by atoms with Gasteiger partial charge in [0, 0.05) is 29.8 Å². The minimum Gasteiger partial charge on any atom is -0.330 e. The van der Waals surface area contributed by atoms with Gasteiger partial charge in [-0.05, 0) is 30.3 Å². The van der Waals surface area contributed by atoms with Gasteiger partial charge in [0.1, 0.15) is 5.82 Å². The number of aromatic nitrogens is 1. The van der Waals surface area contributed by atoms with Gasteiger partial charge >= 0.3 is 0 Å². The number of anilines is 2. The SMILES string of the molecule is C=CCN(Cc1ccc(Cl)s1)C(=O)/C=C/c1csc(N(C(C)=O)c2ccccc2F)n1. The first-order valence-corrected chi connectivity index (χ1v) is 11.3. The van der Waals surface area contributed by atoms with Crippen LogP contribution in [0.25, 0.3) is 6.08 Å². The van der Waals surface area contributed by atoms with Crippen molar-refractivity contribution in [1.29, 1.82) is 0 Å². The Morgan fingerprint density at radius 3 is 2.68 bits per heavy atom. The van der Waals surface area contributed by atoms with Crippen LogP contribution < -0.4 is 4.90 Å². The van der Waals surface area contributed by atoms with Crippen LogP contribution in [0.1, 0.15) is 17.5 Å². The smallest absolute Gasteiger partial charge is 0.247 e. The number of benzene rings is 1. The summed E-state index contributed by atoms with van der Waals surface area (Å²) in [6.45, 7) is 5.85. The summed E-state index contributed by atoms with van der Waals surface area (Å²) in [4.78, 5) is 33.0. The van der Waals surface area contributed by atoms with Crippen LogP contribution in [-0.4, -0.2) is 28.2 Å². The minimum atomic E-state index is -0.520. The van der Waals surface area contributed by atoms with E-state index in [1.54, 1.807) is 40.6 Å². The first-order valence-electron chi connectivity index (χ1n) is 9.22. The zero-order valence-corrected chi connectivity index (χ0v) is 19.0. The Kier molecular flexibility index (Phi) is 7.73. The van der Waals surface area contributed by atoms with Gasteiger partial charge in [0.15, 0.2) is 5.13 Å². The van der Waals surface area contributed by atoms with Crippen molar-refractivity contribution in [2.75, 3.05) is 11.4 Å². The summed E-state index contributed by atoms with van der Waals surface area (Å²) >= 11 is 8.57. The Morgan fingerprint density at radius 2 is 2.03 bits per heavy atom. The van der Waals surface area contributed by atoms with Crippen molar-refractivity contribution in [1.82, 2.24) is 9.88 Å². The van der Waals surface area contributed by atoms with Crippen molar-refractivity contribution in [3.63, 3.8) is 0 Å². The minimum absolute atomic E-state index is 0.128. The third-order valence-electron chi connectivity index (χ3n) is 4.14. The molecule has 31 heavy (non-hydrogen) atoms. The largest absolute Gasteiger partial charge is 0.330 e. The third-order valence-corrected chi connectivity index (χ3v) is 6.20. The topological polar surface area (TPSA) is 53.5 Å². The molecule has 0 radical (unpaired) electrons. The molecule has 2 heterocycles. The maximum absolute atomic E-state index is 14.2. The third kappa shape index (κ3) is 5.88. The molecule has 3 rings (SSSR count). The van der Waals surface area contributed by atoms with Gasteiger partial charge in [-0.1, -0.05) is 29.8 Å². The van der Waals surface area contributed by atoms with Crippen molar-refractivity contribution >= 4 is 63.0 Å². The Labute approximate surface area is 192 Å². The first kappa shape index (κ1) is 22.9. The van der Waals surface area contributed by atoms with E-state index < -0.39 is 5.82 Å². The van der Waals surface area contributed by atoms with Crippen LogP contribution in [0.15, 0.2) is 60.5 Å². The van der Waals surface area contributed by atoms with Crippen LogP contribution in [0.4, 0.5) is 15.2 Å². The molecule has 0 fully saturated rings. The number of para-hydroxylation sites is 1. The number of carbonyl (C=O) groups is 2. The number of thiophene rings is 1. The Morgan fingerprint density at radius 1 is 1.26 bits per heavy atom. The van der Waals surface area contributed by atoms with Gasteiger partial charge in [-0.3, -0.25) is 14.5 Å². The van der Waals surface area contributed by atoms with Crippen LogP contribution in [0.2, 0.25) is 4.34 Å². The van der Waals surface area contributed by atoms with Crippen molar-refractivity contribution in [3.8, 4) is 0 Å². The second-order valence-electron chi connectivity index (χ2n) is 6.41. The van der Waals surface area contributed by atoms with E-state index >= 15 is 0 Å². The van der Waals surface area contributed by atoms with Gasteiger partial charge in [0.05, 0.1) is 22.3 Å². The van der Waals surface area contributed by atoms with E-state index in [2.05, 4.69) is 11.6 Å². The van der Waals surface area contributed by atoms with Crippen LogP contribution in [-0.2, 0) is 16.1 Å². The highest BCUT2D eigenvalue weighted by Gasteiger charge is 2.20. The van der Waals surface area contributed by atoms with Gasteiger partial charge in [0.25, 0.3) is 0 Å². The summed E-state index contributed by atoms with van der Waals surface area (Å²) < 4.78 is 14.9. The number of hydrogen-bond acceptors (Lipinski definition) is 5. The zero-order chi connectivity index (χ0) is 22.4. The molecule has 160 valence electrons. The lowest BCUT2D eigenvalue weighted by atomic mass is 10.3. The molecule has 3 aromatic rings. The Hall–Kier alpha value is -2.81. The van der Waals surface area contributed by atoms with Crippen molar-refractivity contribution in [3.05, 3.63) is 81.2 Å². The average molecular weight is 476 g/mol. The average Bonchev–Trinajstić information content (AvgIpc) is 3.36. The van der Waals surface area contributed by atoms with Crippen LogP contribution in [0.5, 0.6) is 0 Å². The second-order valence-corrected chi connectivity index (χ2v) is 9.04. The molecule has 1 aromatic carbocycles. The quantitative estimate of drug-likeness (QED) is 0.300. The molecule has 0 aliphatic heterocycles. The van der Waals surface area contributed by atoms with Gasteiger partial charge in [0.2, 0.25) is 11.8 Å². The molecule has 0 unspecified atom stereocenters. The lowest BCUT2D eigenvalue weighted by Gasteiger charge is -2.18. The van der Waals surface area contributed by atoms with Crippen LogP contribution in [0, 0.1) is 5.82 Å². The van der Waals surface area contributed by atoms with E-state index in [-0.39, 0.29) is 17.5 Å². The molecule has 0 N–H and O–H groups in total. The molecule has 2 aromatic heterocycles.